The molecule has 14 heteroatoms. The number of phenolic OH excluding ortho intramolecular Hbond substituents is 2. The van der Waals surface area contributed by atoms with E-state index in [0.717, 1.165) is 0 Å². The highest BCUT2D eigenvalue weighted by molar-refractivity contribution is 6.31. The number of ether oxygens (including phenoxy) is 4. The van der Waals surface area contributed by atoms with Crippen LogP contribution in [0.5, 0.6) is 17.2 Å². The molecule has 5 rings (SSSR count). The number of carbonyl (C=O) groups excluding carboxylic acids is 3. The highest BCUT2D eigenvalue weighted by Crippen LogP contribution is 2.52. The lowest BCUT2D eigenvalue weighted by molar-refractivity contribution is -0.250. The Bertz CT molecular complexity index is 1610. The fourth-order valence-corrected chi connectivity index (χ4v) is 6.54. The Hall–Kier alpha value is -3.61. The predicted molar refractivity (Wildman–Crippen MR) is 160 cm³/mol. The first-order valence-corrected chi connectivity index (χ1v) is 15.3. The molecule has 0 saturated carbocycles. The minimum absolute atomic E-state index is 0.00771. The van der Waals surface area contributed by atoms with Gasteiger partial charge >= 0.3 is 0 Å². The van der Waals surface area contributed by atoms with Crippen LogP contribution in [0.25, 0.3) is 0 Å². The molecule has 2 aliphatic carbocycles. The number of aromatic hydroxyl groups is 2. The molecular formula is C32H35ClN2O11. The molecule has 0 spiro atoms. The Kier molecular flexibility index (Phi) is 9.72. The number of fused-ring (bicyclic) bond motifs is 3. The van der Waals surface area contributed by atoms with Crippen LogP contribution >= 0.6 is 11.6 Å². The van der Waals surface area contributed by atoms with E-state index in [1.807, 2.05) is 0 Å². The lowest BCUT2D eigenvalue weighted by atomic mass is 9.72. The molecule has 0 amide bonds. The summed E-state index contributed by atoms with van der Waals surface area (Å²) in [6.07, 6.45) is -5.14. The maximum atomic E-state index is 13.8. The van der Waals surface area contributed by atoms with Crippen LogP contribution in [0, 0.1) is 11.3 Å². The molecule has 7 atom stereocenters. The summed E-state index contributed by atoms with van der Waals surface area (Å²) in [4.78, 5) is 40.2. The molecule has 5 N–H and O–H groups in total. The first kappa shape index (κ1) is 33.7. The van der Waals surface area contributed by atoms with Crippen molar-refractivity contribution in [3.8, 4) is 23.3 Å². The molecule has 1 saturated heterocycles. The van der Waals surface area contributed by atoms with Gasteiger partial charge in [-0.2, -0.15) is 5.26 Å². The maximum Gasteiger partial charge on any atom is 0.202 e. The number of phenols is 2. The van der Waals surface area contributed by atoms with Gasteiger partial charge in [-0.05, 0) is 19.9 Å². The zero-order valence-corrected chi connectivity index (χ0v) is 26.2. The number of hydrogen-bond donors (Lipinski definition) is 5. The monoisotopic (exact) mass is 658 g/mol. The second kappa shape index (κ2) is 13.2. The summed E-state index contributed by atoms with van der Waals surface area (Å²) >= 11 is 5.65. The molecule has 1 aliphatic heterocycles. The van der Waals surface area contributed by atoms with E-state index in [-0.39, 0.29) is 59.9 Å². The van der Waals surface area contributed by atoms with E-state index in [2.05, 4.69) is 11.4 Å². The van der Waals surface area contributed by atoms with Crippen LogP contribution in [0.4, 0.5) is 0 Å². The van der Waals surface area contributed by atoms with Crippen LogP contribution in [0.2, 0.25) is 0 Å². The van der Waals surface area contributed by atoms with Gasteiger partial charge in [0, 0.05) is 47.9 Å². The van der Waals surface area contributed by atoms with Crippen molar-refractivity contribution < 1.29 is 53.8 Å². The van der Waals surface area contributed by atoms with Gasteiger partial charge in [0.2, 0.25) is 5.78 Å². The van der Waals surface area contributed by atoms with Gasteiger partial charge in [-0.1, -0.05) is 12.1 Å². The third-order valence-electron chi connectivity index (χ3n) is 8.83. The molecule has 3 aliphatic rings. The number of carbonyl (C=O) groups is 3. The number of ketones is 3. The predicted octanol–water partition coefficient (Wildman–Crippen LogP) is 1.81. The fourth-order valence-electron chi connectivity index (χ4n) is 6.43. The second-order valence-corrected chi connectivity index (χ2v) is 12.1. The number of Topliss-reactive ketones (excluding diaryl/α,β-unsaturated/α-hetero) is 1. The Morgan fingerprint density at radius 1 is 1.22 bits per heavy atom. The molecule has 1 heterocycles. The molecule has 46 heavy (non-hydrogen) atoms. The molecule has 0 aromatic heterocycles. The highest BCUT2D eigenvalue weighted by Gasteiger charge is 2.49. The van der Waals surface area contributed by atoms with Crippen molar-refractivity contribution in [1.82, 2.24) is 5.32 Å². The van der Waals surface area contributed by atoms with Crippen molar-refractivity contribution in [3.05, 3.63) is 51.6 Å². The lowest BCUT2D eigenvalue weighted by Gasteiger charge is -2.43. The third kappa shape index (κ3) is 5.86. The summed E-state index contributed by atoms with van der Waals surface area (Å²) in [5.74, 6) is -3.13. The first-order valence-electron chi connectivity index (χ1n) is 14.8. The summed E-state index contributed by atoms with van der Waals surface area (Å²) in [6, 6.07) is 4.95. The number of aliphatic hydroxyl groups is 2. The van der Waals surface area contributed by atoms with Crippen LogP contribution in [0.3, 0.4) is 0 Å². The number of nitrogens with zero attached hydrogens (tertiary/aromatic N) is 1. The van der Waals surface area contributed by atoms with Crippen LogP contribution < -0.4 is 10.1 Å². The van der Waals surface area contributed by atoms with Gasteiger partial charge in [0.15, 0.2) is 17.9 Å². The Balaban J connectivity index is 1.54. The molecule has 2 aromatic carbocycles. The summed E-state index contributed by atoms with van der Waals surface area (Å²) in [7, 11) is 1.33. The topological polar surface area (TPSA) is 205 Å². The summed E-state index contributed by atoms with van der Waals surface area (Å²) in [6.45, 7) is 2.99. The fraction of sp³-hybridized carbons (Fsp3) is 0.500. The van der Waals surface area contributed by atoms with Crippen LogP contribution in [0.1, 0.15) is 75.8 Å². The molecule has 13 nitrogen and oxygen atoms in total. The van der Waals surface area contributed by atoms with Gasteiger partial charge in [0.05, 0.1) is 61.4 Å². The second-order valence-electron chi connectivity index (χ2n) is 11.7. The summed E-state index contributed by atoms with van der Waals surface area (Å²) in [5, 5.41) is 58.0. The van der Waals surface area contributed by atoms with E-state index in [4.69, 9.17) is 30.5 Å². The number of benzene rings is 2. The van der Waals surface area contributed by atoms with Gasteiger partial charge in [-0.15, -0.1) is 11.6 Å². The standard InChI is InChI=1S/C32H35ClN2O11/c1-14-27(37)19(35-16(12-34)13-44-8-7-33)9-22(45-14)46-21-11-32(42,15(2)36)10-18-24(21)31(41)26-25(29(18)39)28(38)17-5-4-6-20(43-3)23(17)30(26)40/h4-6,14,16,19,21-22,27,35,37,39,41-42H,7-11,13H2,1-3H3/t14-,16?,19?,21-,22-,27+,32-/m0/s1. The molecule has 0 radical (unpaired) electrons. The van der Waals surface area contributed by atoms with Crippen molar-refractivity contribution in [3.63, 3.8) is 0 Å². The number of aliphatic hydroxyl groups excluding tert-OH is 1. The number of halogens is 1. The minimum Gasteiger partial charge on any atom is -0.507 e. The smallest absolute Gasteiger partial charge is 0.202 e. The Morgan fingerprint density at radius 3 is 2.59 bits per heavy atom. The lowest BCUT2D eigenvalue weighted by Crippen LogP contribution is -2.57. The van der Waals surface area contributed by atoms with Crippen molar-refractivity contribution in [2.45, 2.75) is 75.4 Å². The van der Waals surface area contributed by atoms with Crippen molar-refractivity contribution in [1.29, 1.82) is 5.26 Å². The van der Waals surface area contributed by atoms with Gasteiger partial charge < -0.3 is 39.4 Å². The SMILES string of the molecule is COc1cccc2c1C(=O)c1c(O)c3c(c(O)c1C2=O)C[C@@](O)(C(C)=O)C[C@@H]3O[C@H]1CC(NC(C#N)COCCCl)[C@H](O)[C@H](C)O1. The minimum atomic E-state index is -2.07. The summed E-state index contributed by atoms with van der Waals surface area (Å²) in [5.41, 5.74) is -3.32. The normalized spacial score (nSPS) is 27.6. The number of alkyl halides is 1. The average Bonchev–Trinajstić information content (AvgIpc) is 3.02. The van der Waals surface area contributed by atoms with E-state index in [0.29, 0.717) is 0 Å². The molecule has 0 bridgehead atoms. The van der Waals surface area contributed by atoms with Crippen molar-refractivity contribution in [2.75, 3.05) is 26.2 Å². The van der Waals surface area contributed by atoms with E-state index >= 15 is 0 Å². The molecule has 2 unspecified atom stereocenters. The first-order chi connectivity index (χ1) is 21.9. The Labute approximate surface area is 269 Å². The third-order valence-corrected chi connectivity index (χ3v) is 8.98. The number of methoxy groups -OCH3 is 1. The van der Waals surface area contributed by atoms with E-state index < -0.39 is 88.7 Å². The Morgan fingerprint density at radius 2 is 1.93 bits per heavy atom. The maximum absolute atomic E-state index is 13.8. The van der Waals surface area contributed by atoms with Crippen LogP contribution in [-0.4, -0.2) is 100 Å². The largest absolute Gasteiger partial charge is 0.507 e. The average molecular weight is 659 g/mol. The molecule has 246 valence electrons. The highest BCUT2D eigenvalue weighted by atomic mass is 35.5. The molecule has 1 fully saturated rings. The van der Waals surface area contributed by atoms with E-state index in [1.54, 1.807) is 6.92 Å². The van der Waals surface area contributed by atoms with Gasteiger partial charge in [0.1, 0.15) is 28.9 Å². The molecular weight excluding hydrogens is 624 g/mol. The van der Waals surface area contributed by atoms with Crippen LogP contribution in [-0.2, 0) is 25.4 Å². The number of nitrogens with one attached hydrogen (secondary N) is 1. The quantitative estimate of drug-likeness (QED) is 0.120. The van der Waals surface area contributed by atoms with Gasteiger partial charge in [-0.25, -0.2) is 0 Å². The van der Waals surface area contributed by atoms with E-state index in [1.165, 1.54) is 32.2 Å². The zero-order chi connectivity index (χ0) is 33.5. The summed E-state index contributed by atoms with van der Waals surface area (Å²) < 4.78 is 22.8. The number of hydrogen-bond acceptors (Lipinski definition) is 13. The van der Waals surface area contributed by atoms with Crippen molar-refractivity contribution in [2.24, 2.45) is 0 Å². The van der Waals surface area contributed by atoms with E-state index in [9.17, 15) is 40.1 Å². The van der Waals surface area contributed by atoms with Gasteiger partial charge in [0.25, 0.3) is 0 Å². The van der Waals surface area contributed by atoms with Gasteiger partial charge in [-0.3, -0.25) is 19.7 Å². The number of nitriles is 1. The van der Waals surface area contributed by atoms with Crippen LogP contribution in [0.15, 0.2) is 18.2 Å². The number of rotatable bonds is 10. The molecule has 2 aromatic rings. The zero-order valence-electron chi connectivity index (χ0n) is 25.4. The van der Waals surface area contributed by atoms with Crippen molar-refractivity contribution >= 4 is 29.0 Å².